The van der Waals surface area contributed by atoms with Gasteiger partial charge in [-0.15, -0.1) is 0 Å². The molecule has 1 saturated carbocycles. The summed E-state index contributed by atoms with van der Waals surface area (Å²) in [6.45, 7) is 3.97. The fourth-order valence-corrected chi connectivity index (χ4v) is 3.33. The Morgan fingerprint density at radius 2 is 2.25 bits per heavy atom. The van der Waals surface area contributed by atoms with Gasteiger partial charge in [0.2, 0.25) is 5.91 Å². The zero-order valence-corrected chi connectivity index (χ0v) is 16.6. The molecule has 2 aromatic heterocycles. The second-order valence-corrected chi connectivity index (χ2v) is 7.42. The Bertz CT molecular complexity index is 814. The van der Waals surface area contributed by atoms with E-state index >= 15 is 0 Å². The number of H-pyrrole nitrogens is 1. The van der Waals surface area contributed by atoms with Crippen molar-refractivity contribution in [3.63, 3.8) is 0 Å². The summed E-state index contributed by atoms with van der Waals surface area (Å²) in [5.74, 6) is 0.591. The van der Waals surface area contributed by atoms with Crippen LogP contribution < -0.4 is 10.6 Å². The maximum Gasteiger partial charge on any atom is 0.407 e. The van der Waals surface area contributed by atoms with Gasteiger partial charge in [0.05, 0.1) is 12.7 Å². The second kappa shape index (κ2) is 8.90. The van der Waals surface area contributed by atoms with Crippen LogP contribution in [-0.4, -0.2) is 43.9 Å². The number of hydrogen-bond donors (Lipinski definition) is 3. The number of carbonyl (C=O) groups excluding carboxylic acids is 2. The lowest BCUT2D eigenvalue weighted by atomic mass is 10.0. The Labute approximate surface area is 164 Å². The number of amides is 2. The van der Waals surface area contributed by atoms with Gasteiger partial charge >= 0.3 is 6.09 Å². The normalized spacial score (nSPS) is 20.0. The average molecular weight is 388 g/mol. The van der Waals surface area contributed by atoms with E-state index in [4.69, 9.17) is 4.74 Å². The average Bonchev–Trinajstić information content (AvgIpc) is 3.37. The first-order chi connectivity index (χ1) is 13.4. The number of aromatic nitrogens is 4. The van der Waals surface area contributed by atoms with Gasteiger partial charge in [-0.3, -0.25) is 9.89 Å². The summed E-state index contributed by atoms with van der Waals surface area (Å²) in [6, 6.07) is 1.96. The van der Waals surface area contributed by atoms with Crippen LogP contribution in [-0.2, 0) is 23.0 Å². The SMILES string of the molecule is CC[C@H](C)NC(=O)O[C@@H]1CC[C@H](c2cc(NC(=O)Cc3cncn3C)n[nH]2)C1. The quantitative estimate of drug-likeness (QED) is 0.674. The number of hydrogen-bond acceptors (Lipinski definition) is 5. The molecule has 152 valence electrons. The molecular weight excluding hydrogens is 360 g/mol. The van der Waals surface area contributed by atoms with Crippen LogP contribution in [0.1, 0.15) is 56.8 Å². The van der Waals surface area contributed by atoms with Gasteiger partial charge in [0.25, 0.3) is 0 Å². The monoisotopic (exact) mass is 388 g/mol. The molecule has 0 aliphatic heterocycles. The topological polar surface area (TPSA) is 114 Å². The zero-order valence-electron chi connectivity index (χ0n) is 16.6. The van der Waals surface area contributed by atoms with E-state index in [0.717, 1.165) is 37.1 Å². The van der Waals surface area contributed by atoms with Gasteiger partial charge in [-0.05, 0) is 32.6 Å². The van der Waals surface area contributed by atoms with E-state index in [9.17, 15) is 9.59 Å². The first-order valence-electron chi connectivity index (χ1n) is 9.72. The maximum absolute atomic E-state index is 12.2. The molecule has 28 heavy (non-hydrogen) atoms. The standard InChI is InChI=1S/C19H28N6O3/c1-4-12(2)21-19(27)28-15-6-5-13(7-15)16-9-17(24-23-16)22-18(26)8-14-10-20-11-25(14)3/h9-13,15H,4-8H2,1-3H3,(H,21,27)(H2,22,23,24,26)/t12-,13-,15+/m0/s1. The van der Waals surface area contributed by atoms with Crippen molar-refractivity contribution in [2.75, 3.05) is 5.32 Å². The Balaban J connectivity index is 1.48. The Morgan fingerprint density at radius 1 is 1.43 bits per heavy atom. The van der Waals surface area contributed by atoms with Crippen molar-refractivity contribution >= 4 is 17.8 Å². The molecule has 3 N–H and O–H groups in total. The molecule has 9 nitrogen and oxygen atoms in total. The largest absolute Gasteiger partial charge is 0.446 e. The van der Waals surface area contributed by atoms with Gasteiger partial charge in [-0.1, -0.05) is 6.92 Å². The molecule has 1 aliphatic rings. The summed E-state index contributed by atoms with van der Waals surface area (Å²) >= 11 is 0. The van der Waals surface area contributed by atoms with Gasteiger partial charge in [0, 0.05) is 42.7 Å². The van der Waals surface area contributed by atoms with E-state index in [1.165, 1.54) is 0 Å². The van der Waals surface area contributed by atoms with Crippen LogP contribution in [0, 0.1) is 0 Å². The summed E-state index contributed by atoms with van der Waals surface area (Å²) in [7, 11) is 1.85. The molecule has 0 aromatic carbocycles. The molecule has 1 fully saturated rings. The van der Waals surface area contributed by atoms with E-state index in [1.807, 2.05) is 31.5 Å². The molecule has 3 atom stereocenters. The smallest absolute Gasteiger partial charge is 0.407 e. The lowest BCUT2D eigenvalue weighted by Crippen LogP contribution is -2.34. The number of nitrogens with zero attached hydrogens (tertiary/aromatic N) is 3. The first-order valence-corrected chi connectivity index (χ1v) is 9.72. The third-order valence-corrected chi connectivity index (χ3v) is 5.20. The highest BCUT2D eigenvalue weighted by molar-refractivity contribution is 5.91. The molecule has 0 spiro atoms. The molecule has 9 heteroatoms. The third-order valence-electron chi connectivity index (χ3n) is 5.20. The maximum atomic E-state index is 12.2. The molecule has 1 aliphatic carbocycles. The number of imidazole rings is 1. The van der Waals surface area contributed by atoms with Crippen LogP contribution in [0.25, 0.3) is 0 Å². The zero-order chi connectivity index (χ0) is 20.1. The molecule has 0 bridgehead atoms. The fourth-order valence-electron chi connectivity index (χ4n) is 3.33. The molecule has 0 unspecified atom stereocenters. The predicted octanol–water partition coefficient (Wildman–Crippen LogP) is 2.49. The van der Waals surface area contributed by atoms with Crippen LogP contribution >= 0.6 is 0 Å². The van der Waals surface area contributed by atoms with E-state index in [-0.39, 0.29) is 36.5 Å². The van der Waals surface area contributed by atoms with Crippen LogP contribution in [0.3, 0.4) is 0 Å². The molecule has 3 rings (SSSR count). The third kappa shape index (κ3) is 5.11. The van der Waals surface area contributed by atoms with Crippen molar-refractivity contribution in [3.8, 4) is 0 Å². The second-order valence-electron chi connectivity index (χ2n) is 7.42. The molecular formula is C19H28N6O3. The first kappa shape index (κ1) is 19.9. The molecule has 2 heterocycles. The van der Waals surface area contributed by atoms with Crippen molar-refractivity contribution in [1.29, 1.82) is 0 Å². The minimum atomic E-state index is -0.354. The van der Waals surface area contributed by atoms with Crippen molar-refractivity contribution in [2.45, 2.75) is 64.0 Å². The Hall–Kier alpha value is -2.84. The predicted molar refractivity (Wildman–Crippen MR) is 104 cm³/mol. The van der Waals surface area contributed by atoms with Crippen molar-refractivity contribution in [3.05, 3.63) is 30.0 Å². The summed E-state index contributed by atoms with van der Waals surface area (Å²) in [4.78, 5) is 28.1. The van der Waals surface area contributed by atoms with Gasteiger partial charge in [-0.2, -0.15) is 5.10 Å². The van der Waals surface area contributed by atoms with Gasteiger partial charge in [0.15, 0.2) is 5.82 Å². The lowest BCUT2D eigenvalue weighted by Gasteiger charge is -2.16. The van der Waals surface area contributed by atoms with Gasteiger partial charge in [-0.25, -0.2) is 9.78 Å². The molecule has 0 saturated heterocycles. The molecule has 2 aromatic rings. The fraction of sp³-hybridized carbons (Fsp3) is 0.579. The molecule has 2 amide bonds. The minimum absolute atomic E-state index is 0.0970. The minimum Gasteiger partial charge on any atom is -0.446 e. The number of rotatable bonds is 7. The van der Waals surface area contributed by atoms with Gasteiger partial charge < -0.3 is 19.9 Å². The number of ether oxygens (including phenoxy) is 1. The number of carbonyl (C=O) groups is 2. The molecule has 0 radical (unpaired) electrons. The van der Waals surface area contributed by atoms with E-state index < -0.39 is 0 Å². The van der Waals surface area contributed by atoms with E-state index in [0.29, 0.717) is 5.82 Å². The van der Waals surface area contributed by atoms with Crippen LogP contribution in [0.5, 0.6) is 0 Å². The van der Waals surface area contributed by atoms with Crippen LogP contribution in [0.2, 0.25) is 0 Å². The highest BCUT2D eigenvalue weighted by atomic mass is 16.6. The Morgan fingerprint density at radius 3 is 2.96 bits per heavy atom. The highest BCUT2D eigenvalue weighted by Gasteiger charge is 2.30. The Kier molecular flexibility index (Phi) is 6.33. The summed E-state index contributed by atoms with van der Waals surface area (Å²) in [6.07, 6.45) is 6.47. The van der Waals surface area contributed by atoms with E-state index in [1.54, 1.807) is 12.5 Å². The van der Waals surface area contributed by atoms with Crippen molar-refractivity contribution in [2.24, 2.45) is 7.05 Å². The summed E-state index contributed by atoms with van der Waals surface area (Å²) in [5, 5.41) is 12.8. The number of anilines is 1. The van der Waals surface area contributed by atoms with E-state index in [2.05, 4.69) is 25.8 Å². The van der Waals surface area contributed by atoms with Crippen LogP contribution in [0.4, 0.5) is 10.6 Å². The van der Waals surface area contributed by atoms with Crippen LogP contribution in [0.15, 0.2) is 18.6 Å². The number of aromatic amines is 1. The van der Waals surface area contributed by atoms with Crippen molar-refractivity contribution in [1.82, 2.24) is 25.1 Å². The number of aryl methyl sites for hydroxylation is 1. The van der Waals surface area contributed by atoms with Crippen molar-refractivity contribution < 1.29 is 14.3 Å². The van der Waals surface area contributed by atoms with Gasteiger partial charge in [0.1, 0.15) is 6.10 Å². The summed E-state index contributed by atoms with van der Waals surface area (Å²) in [5.41, 5.74) is 1.78. The number of alkyl carbamates (subject to hydrolysis) is 1. The summed E-state index contributed by atoms with van der Waals surface area (Å²) < 4.78 is 7.33. The highest BCUT2D eigenvalue weighted by Crippen LogP contribution is 2.35. The lowest BCUT2D eigenvalue weighted by molar-refractivity contribution is -0.115. The number of nitrogens with one attached hydrogen (secondary N) is 3.